The van der Waals surface area contributed by atoms with Crippen molar-refractivity contribution in [3.05, 3.63) is 35.4 Å². The second-order valence-corrected chi connectivity index (χ2v) is 6.70. The van der Waals surface area contributed by atoms with Gasteiger partial charge in [-0.3, -0.25) is 0 Å². The van der Waals surface area contributed by atoms with Crippen molar-refractivity contribution in [2.24, 2.45) is 0 Å². The van der Waals surface area contributed by atoms with E-state index in [2.05, 4.69) is 24.3 Å². The van der Waals surface area contributed by atoms with Gasteiger partial charge in [-0.15, -0.1) is 0 Å². The number of fused-ring (bicyclic) bond motifs is 2. The van der Waals surface area contributed by atoms with E-state index in [1.54, 1.807) is 4.90 Å². The van der Waals surface area contributed by atoms with Crippen LogP contribution in [-0.4, -0.2) is 40.9 Å². The van der Waals surface area contributed by atoms with Crippen molar-refractivity contribution in [1.29, 1.82) is 0 Å². The number of carbonyl (C=O) groups excluding carboxylic acids is 1. The van der Waals surface area contributed by atoms with Crippen LogP contribution < -0.4 is 0 Å². The lowest BCUT2D eigenvalue weighted by atomic mass is 9.94. The summed E-state index contributed by atoms with van der Waals surface area (Å²) in [6.45, 7) is 6.74. The Labute approximate surface area is 126 Å². The van der Waals surface area contributed by atoms with Crippen LogP contribution in [-0.2, 0) is 11.2 Å². The summed E-state index contributed by atoms with van der Waals surface area (Å²) in [6, 6.07) is 8.65. The Morgan fingerprint density at radius 2 is 1.76 bits per heavy atom. The maximum atomic E-state index is 11.5. The standard InChI is InChI=1S/C10H19NO3.C7H6/c1-10(2,3)14-9(13)11-6-4-8(12)5-7-11;1-2-6-4-7(3-1)5-6/h8,12H,4-7H2,1-3H3;1-4H,5H2. The summed E-state index contributed by atoms with van der Waals surface area (Å²) in [6.07, 6.45) is 1.99. The Bertz CT molecular complexity index is 460. The van der Waals surface area contributed by atoms with E-state index in [9.17, 15) is 9.90 Å². The molecule has 0 spiro atoms. The summed E-state index contributed by atoms with van der Waals surface area (Å²) in [5.74, 6) is 0. The molecule has 1 aromatic carbocycles. The highest BCUT2D eigenvalue weighted by Crippen LogP contribution is 2.19. The molecule has 1 fully saturated rings. The summed E-state index contributed by atoms with van der Waals surface area (Å²) in [5.41, 5.74) is 2.53. The predicted octanol–water partition coefficient (Wildman–Crippen LogP) is 2.97. The number of nitrogens with zero attached hydrogens (tertiary/aromatic N) is 1. The number of hydrogen-bond donors (Lipinski definition) is 1. The van der Waals surface area contributed by atoms with Crippen LogP contribution in [0.15, 0.2) is 24.3 Å². The van der Waals surface area contributed by atoms with Gasteiger partial charge in [0.25, 0.3) is 0 Å². The van der Waals surface area contributed by atoms with Gasteiger partial charge in [0.1, 0.15) is 5.60 Å². The molecule has 3 aliphatic rings. The molecule has 1 N–H and O–H groups in total. The normalized spacial score (nSPS) is 17.4. The summed E-state index contributed by atoms with van der Waals surface area (Å²) in [5, 5.41) is 9.26. The number of aliphatic hydroxyl groups is 1. The summed E-state index contributed by atoms with van der Waals surface area (Å²) in [7, 11) is 0. The third kappa shape index (κ3) is 5.05. The lowest BCUT2D eigenvalue weighted by molar-refractivity contribution is 0.0101. The van der Waals surface area contributed by atoms with Crippen molar-refractivity contribution >= 4 is 6.09 Å². The van der Waals surface area contributed by atoms with Crippen LogP contribution in [0, 0.1) is 0 Å². The smallest absolute Gasteiger partial charge is 0.410 e. The number of benzene rings is 1. The molecule has 4 heteroatoms. The number of carbonyl (C=O) groups is 1. The molecule has 0 atom stereocenters. The highest BCUT2D eigenvalue weighted by Gasteiger charge is 2.25. The zero-order valence-corrected chi connectivity index (χ0v) is 13.1. The van der Waals surface area contributed by atoms with Gasteiger partial charge < -0.3 is 14.7 Å². The minimum absolute atomic E-state index is 0.256. The third-order valence-electron chi connectivity index (χ3n) is 3.52. The first-order valence-electron chi connectivity index (χ1n) is 7.57. The zero-order chi connectivity index (χ0) is 15.5. The van der Waals surface area contributed by atoms with Crippen molar-refractivity contribution in [1.82, 2.24) is 4.90 Å². The topological polar surface area (TPSA) is 49.8 Å². The predicted molar refractivity (Wildman–Crippen MR) is 82.3 cm³/mol. The molecule has 116 valence electrons. The van der Waals surface area contributed by atoms with Crippen molar-refractivity contribution < 1.29 is 14.6 Å². The molecular weight excluding hydrogens is 266 g/mol. The van der Waals surface area contributed by atoms with Crippen LogP contribution in [0.2, 0.25) is 0 Å². The second kappa shape index (κ2) is 6.48. The highest BCUT2D eigenvalue weighted by molar-refractivity contribution is 5.68. The van der Waals surface area contributed by atoms with Crippen LogP contribution in [0.25, 0.3) is 0 Å². The lowest BCUT2D eigenvalue weighted by Gasteiger charge is -2.31. The fraction of sp³-hybridized carbons (Fsp3) is 0.588. The van der Waals surface area contributed by atoms with Crippen molar-refractivity contribution in [3.8, 4) is 0 Å². The average Bonchev–Trinajstić information content (AvgIpc) is 2.38. The lowest BCUT2D eigenvalue weighted by Crippen LogP contribution is -2.42. The van der Waals surface area contributed by atoms with Gasteiger partial charge in [-0.05, 0) is 51.2 Å². The van der Waals surface area contributed by atoms with Gasteiger partial charge >= 0.3 is 6.09 Å². The molecular formula is C17H25NO3. The minimum atomic E-state index is -0.437. The maximum absolute atomic E-state index is 11.5. The molecule has 21 heavy (non-hydrogen) atoms. The number of likely N-dealkylation sites (tertiary alicyclic amines) is 1. The molecule has 0 unspecified atom stereocenters. The molecule has 1 saturated heterocycles. The van der Waals surface area contributed by atoms with Crippen LogP contribution in [0.1, 0.15) is 44.7 Å². The van der Waals surface area contributed by atoms with Gasteiger partial charge in [-0.2, -0.15) is 0 Å². The van der Waals surface area contributed by atoms with E-state index in [1.807, 2.05) is 20.8 Å². The van der Waals surface area contributed by atoms with Crippen LogP contribution in [0.4, 0.5) is 4.79 Å². The number of hydrogen-bond acceptors (Lipinski definition) is 3. The van der Waals surface area contributed by atoms with Crippen LogP contribution in [0.3, 0.4) is 0 Å². The Balaban J connectivity index is 0.000000189. The Morgan fingerprint density at radius 3 is 2.10 bits per heavy atom. The zero-order valence-electron chi connectivity index (χ0n) is 13.1. The second-order valence-electron chi connectivity index (χ2n) is 6.70. The SMILES string of the molecule is CC(C)(C)OC(=O)N1CCC(O)CC1.c1cc2cc(c1)C2. The van der Waals surface area contributed by atoms with E-state index < -0.39 is 5.60 Å². The molecule has 0 radical (unpaired) electrons. The largest absolute Gasteiger partial charge is 0.444 e. The van der Waals surface area contributed by atoms with Gasteiger partial charge in [-0.25, -0.2) is 4.79 Å². The fourth-order valence-electron chi connectivity index (χ4n) is 2.33. The van der Waals surface area contributed by atoms with Gasteiger partial charge in [-0.1, -0.05) is 24.3 Å². The summed E-state index contributed by atoms with van der Waals surface area (Å²) < 4.78 is 5.22. The minimum Gasteiger partial charge on any atom is -0.444 e. The summed E-state index contributed by atoms with van der Waals surface area (Å²) in [4.78, 5) is 13.2. The molecule has 1 heterocycles. The molecule has 1 aliphatic heterocycles. The van der Waals surface area contributed by atoms with Crippen molar-refractivity contribution in [2.45, 2.75) is 51.7 Å². The average molecular weight is 291 g/mol. The molecule has 1 amide bonds. The van der Waals surface area contributed by atoms with Crippen molar-refractivity contribution in [3.63, 3.8) is 0 Å². The summed E-state index contributed by atoms with van der Waals surface area (Å²) >= 11 is 0. The van der Waals surface area contributed by atoms with Crippen LogP contribution >= 0.6 is 0 Å². The Hall–Kier alpha value is -1.55. The number of ether oxygens (including phenoxy) is 1. The third-order valence-corrected chi connectivity index (χ3v) is 3.52. The Morgan fingerprint density at radius 1 is 1.24 bits per heavy atom. The molecule has 0 aromatic heterocycles. The van der Waals surface area contributed by atoms with E-state index in [4.69, 9.17) is 4.74 Å². The first kappa shape index (κ1) is 15.8. The van der Waals surface area contributed by atoms with E-state index in [0.717, 1.165) is 0 Å². The first-order valence-corrected chi connectivity index (χ1v) is 7.57. The molecule has 2 bridgehead atoms. The molecule has 2 aliphatic carbocycles. The van der Waals surface area contributed by atoms with Gasteiger partial charge in [0.2, 0.25) is 0 Å². The van der Waals surface area contributed by atoms with Crippen LogP contribution in [0.5, 0.6) is 0 Å². The molecule has 4 nitrogen and oxygen atoms in total. The number of piperidine rings is 1. The van der Waals surface area contributed by atoms with Crippen molar-refractivity contribution in [2.75, 3.05) is 13.1 Å². The fourth-order valence-corrected chi connectivity index (χ4v) is 2.33. The number of rotatable bonds is 0. The molecule has 4 rings (SSSR count). The van der Waals surface area contributed by atoms with E-state index in [1.165, 1.54) is 17.5 Å². The van der Waals surface area contributed by atoms with Gasteiger partial charge in [0.15, 0.2) is 0 Å². The maximum Gasteiger partial charge on any atom is 0.410 e. The molecule has 0 saturated carbocycles. The monoisotopic (exact) mass is 291 g/mol. The number of aliphatic hydroxyl groups excluding tert-OH is 1. The van der Waals surface area contributed by atoms with E-state index in [-0.39, 0.29) is 12.2 Å². The highest BCUT2D eigenvalue weighted by atomic mass is 16.6. The first-order chi connectivity index (χ1) is 9.83. The Kier molecular flexibility index (Phi) is 4.88. The van der Waals surface area contributed by atoms with E-state index >= 15 is 0 Å². The van der Waals surface area contributed by atoms with Gasteiger partial charge in [0.05, 0.1) is 6.10 Å². The quantitative estimate of drug-likeness (QED) is 0.812. The molecule has 1 aromatic rings. The van der Waals surface area contributed by atoms with Gasteiger partial charge in [0, 0.05) is 13.1 Å². The van der Waals surface area contributed by atoms with E-state index in [0.29, 0.717) is 25.9 Å². The number of amides is 1.